The largest absolute Gasteiger partial charge is 0.399 e. The van der Waals surface area contributed by atoms with E-state index in [2.05, 4.69) is 21.5 Å². The molecular weight excluding hydrogens is 447 g/mol. The molecule has 0 saturated heterocycles. The van der Waals surface area contributed by atoms with Gasteiger partial charge in [0.05, 0.1) is 11.2 Å². The van der Waals surface area contributed by atoms with Crippen LogP contribution >= 0.6 is 11.3 Å². The molecule has 0 aromatic carbocycles. The Balaban J connectivity index is 1.71. The molecule has 0 fully saturated rings. The molecule has 4 heterocycles. The summed E-state index contributed by atoms with van der Waals surface area (Å²) in [5, 5.41) is 4.03. The number of aromatic amines is 1. The SMILES string of the molecule is C=C(/C(F)=C(Cc1nc2c(-c3ccsc3)nccc2[nH]1)\C(N)=C/C)c1cncc(CN(C)C)c1. The van der Waals surface area contributed by atoms with Gasteiger partial charge in [0.15, 0.2) is 0 Å². The van der Waals surface area contributed by atoms with Gasteiger partial charge in [-0.3, -0.25) is 9.97 Å². The highest BCUT2D eigenvalue weighted by molar-refractivity contribution is 7.08. The summed E-state index contributed by atoms with van der Waals surface area (Å²) in [5.74, 6) is 0.123. The second kappa shape index (κ2) is 10.1. The fourth-order valence-electron chi connectivity index (χ4n) is 3.74. The van der Waals surface area contributed by atoms with E-state index >= 15 is 4.39 Å². The van der Waals surface area contributed by atoms with Crippen molar-refractivity contribution in [1.82, 2.24) is 24.8 Å². The number of nitrogens with one attached hydrogen (secondary N) is 1. The lowest BCUT2D eigenvalue weighted by Crippen LogP contribution is -2.11. The van der Waals surface area contributed by atoms with Gasteiger partial charge < -0.3 is 15.6 Å². The molecule has 174 valence electrons. The fraction of sp³-hybridized carbons (Fsp3) is 0.192. The number of aromatic nitrogens is 4. The van der Waals surface area contributed by atoms with Crippen LogP contribution in [-0.4, -0.2) is 38.9 Å². The summed E-state index contributed by atoms with van der Waals surface area (Å²) in [6.45, 7) is 6.48. The second-order valence-corrected chi connectivity index (χ2v) is 9.04. The number of imidazole rings is 1. The minimum Gasteiger partial charge on any atom is -0.399 e. The predicted molar refractivity (Wildman–Crippen MR) is 138 cm³/mol. The lowest BCUT2D eigenvalue weighted by molar-refractivity contribution is 0.402. The van der Waals surface area contributed by atoms with E-state index in [0.717, 1.165) is 27.9 Å². The van der Waals surface area contributed by atoms with Crippen LogP contribution in [0.3, 0.4) is 0 Å². The maximum Gasteiger partial charge on any atom is 0.136 e. The van der Waals surface area contributed by atoms with Gasteiger partial charge >= 0.3 is 0 Å². The molecule has 0 radical (unpaired) electrons. The summed E-state index contributed by atoms with van der Waals surface area (Å²) in [7, 11) is 3.94. The van der Waals surface area contributed by atoms with E-state index in [0.29, 0.717) is 29.2 Å². The zero-order valence-electron chi connectivity index (χ0n) is 19.5. The van der Waals surface area contributed by atoms with E-state index < -0.39 is 5.83 Å². The van der Waals surface area contributed by atoms with Gasteiger partial charge in [0.2, 0.25) is 0 Å². The van der Waals surface area contributed by atoms with E-state index in [4.69, 9.17) is 10.7 Å². The Labute approximate surface area is 202 Å². The normalized spacial score (nSPS) is 12.9. The lowest BCUT2D eigenvalue weighted by atomic mass is 9.99. The van der Waals surface area contributed by atoms with Crippen LogP contribution in [0.5, 0.6) is 0 Å². The van der Waals surface area contributed by atoms with Gasteiger partial charge in [0.25, 0.3) is 0 Å². The Bertz CT molecular complexity index is 1380. The van der Waals surface area contributed by atoms with Gasteiger partial charge in [-0.15, -0.1) is 0 Å². The first-order chi connectivity index (χ1) is 16.4. The van der Waals surface area contributed by atoms with Crippen molar-refractivity contribution in [2.75, 3.05) is 14.1 Å². The monoisotopic (exact) mass is 474 g/mol. The number of thiophene rings is 1. The molecule has 0 aliphatic carbocycles. The molecule has 4 aromatic rings. The van der Waals surface area contributed by atoms with E-state index in [1.807, 2.05) is 48.0 Å². The lowest BCUT2D eigenvalue weighted by Gasteiger charge is -2.13. The number of hydrogen-bond donors (Lipinski definition) is 2. The van der Waals surface area contributed by atoms with E-state index in [-0.39, 0.29) is 12.0 Å². The molecule has 6 nitrogen and oxygen atoms in total. The first-order valence-electron chi connectivity index (χ1n) is 10.8. The highest BCUT2D eigenvalue weighted by atomic mass is 32.1. The Kier molecular flexibility index (Phi) is 7.00. The van der Waals surface area contributed by atoms with Crippen molar-refractivity contribution in [2.24, 2.45) is 5.73 Å². The van der Waals surface area contributed by atoms with Crippen LogP contribution in [-0.2, 0) is 13.0 Å². The number of pyridine rings is 2. The van der Waals surface area contributed by atoms with Crippen molar-refractivity contribution in [3.8, 4) is 11.3 Å². The molecule has 3 N–H and O–H groups in total. The molecule has 4 rings (SSSR count). The highest BCUT2D eigenvalue weighted by Gasteiger charge is 2.18. The topological polar surface area (TPSA) is 83.7 Å². The van der Waals surface area contributed by atoms with Crippen LogP contribution in [0.2, 0.25) is 0 Å². The second-order valence-electron chi connectivity index (χ2n) is 8.26. The molecule has 0 bridgehead atoms. The summed E-state index contributed by atoms with van der Waals surface area (Å²) in [6.07, 6.45) is 7.00. The van der Waals surface area contributed by atoms with Crippen LogP contribution < -0.4 is 5.73 Å². The molecule has 4 aromatic heterocycles. The van der Waals surface area contributed by atoms with Gasteiger partial charge in [0, 0.05) is 64.9 Å². The van der Waals surface area contributed by atoms with E-state index in [1.54, 1.807) is 42.9 Å². The van der Waals surface area contributed by atoms with Gasteiger partial charge in [-0.2, -0.15) is 11.3 Å². The first-order valence-corrected chi connectivity index (χ1v) is 11.8. The third-order valence-electron chi connectivity index (χ3n) is 5.42. The summed E-state index contributed by atoms with van der Waals surface area (Å²) < 4.78 is 15.8. The minimum atomic E-state index is -0.476. The molecule has 0 aliphatic heterocycles. The van der Waals surface area contributed by atoms with Crippen molar-refractivity contribution in [2.45, 2.75) is 19.9 Å². The Morgan fingerprint density at radius 2 is 2.12 bits per heavy atom. The Hall–Kier alpha value is -3.62. The first kappa shape index (κ1) is 23.5. The Morgan fingerprint density at radius 1 is 1.29 bits per heavy atom. The van der Waals surface area contributed by atoms with Gasteiger partial charge in [0.1, 0.15) is 17.2 Å². The smallest absolute Gasteiger partial charge is 0.136 e. The standard InChI is InChI=1S/C26H27FN6S/c1-5-21(28)20(24(27)16(2)19-10-17(12-29-13-19)14-33(3)4)11-23-31-22-6-8-30-25(26(22)32-23)18-7-9-34-15-18/h5-10,12-13,15H,2,11,14,28H2,1,3-4H3,(H,31,32)/b21-5+,24-20+. The molecular formula is C26H27FN6S. The molecule has 34 heavy (non-hydrogen) atoms. The van der Waals surface area contributed by atoms with Crippen LogP contribution in [0, 0.1) is 0 Å². The number of fused-ring (bicyclic) bond motifs is 1. The minimum absolute atomic E-state index is 0.184. The fourth-order valence-corrected chi connectivity index (χ4v) is 4.38. The van der Waals surface area contributed by atoms with Gasteiger partial charge in [-0.05, 0) is 50.2 Å². The zero-order chi connectivity index (χ0) is 24.2. The summed E-state index contributed by atoms with van der Waals surface area (Å²) >= 11 is 1.60. The molecule has 0 saturated carbocycles. The molecule has 0 amide bonds. The van der Waals surface area contributed by atoms with Crippen molar-refractivity contribution in [3.05, 3.63) is 94.3 Å². The van der Waals surface area contributed by atoms with E-state index in [9.17, 15) is 0 Å². The van der Waals surface area contributed by atoms with Crippen LogP contribution in [0.4, 0.5) is 4.39 Å². The third-order valence-corrected chi connectivity index (χ3v) is 6.10. The quantitative estimate of drug-likeness (QED) is 0.330. The van der Waals surface area contributed by atoms with Crippen molar-refractivity contribution < 1.29 is 4.39 Å². The van der Waals surface area contributed by atoms with Crippen LogP contribution in [0.25, 0.3) is 27.9 Å². The summed E-state index contributed by atoms with van der Waals surface area (Å²) in [6, 6.07) is 5.77. The van der Waals surface area contributed by atoms with Crippen molar-refractivity contribution >= 4 is 27.9 Å². The summed E-state index contributed by atoms with van der Waals surface area (Å²) in [5.41, 5.74) is 12.1. The number of rotatable bonds is 8. The van der Waals surface area contributed by atoms with Gasteiger partial charge in [-0.25, -0.2) is 9.37 Å². The van der Waals surface area contributed by atoms with Gasteiger partial charge in [-0.1, -0.05) is 12.7 Å². The molecule has 0 spiro atoms. The Morgan fingerprint density at radius 3 is 2.82 bits per heavy atom. The number of nitrogens with zero attached hydrogens (tertiary/aromatic N) is 4. The highest BCUT2D eigenvalue weighted by Crippen LogP contribution is 2.31. The van der Waals surface area contributed by atoms with Crippen LogP contribution in [0.15, 0.2) is 77.3 Å². The maximum atomic E-state index is 15.8. The van der Waals surface area contributed by atoms with E-state index in [1.165, 1.54) is 0 Å². The number of hydrogen-bond acceptors (Lipinski definition) is 6. The average Bonchev–Trinajstić information content (AvgIpc) is 3.50. The van der Waals surface area contributed by atoms with Crippen LogP contribution in [0.1, 0.15) is 23.9 Å². The zero-order valence-corrected chi connectivity index (χ0v) is 20.3. The molecule has 8 heteroatoms. The number of nitrogens with two attached hydrogens (primary N) is 1. The molecule has 0 aliphatic rings. The summed E-state index contributed by atoms with van der Waals surface area (Å²) in [4.78, 5) is 18.8. The number of H-pyrrole nitrogens is 1. The molecule has 0 unspecified atom stereocenters. The van der Waals surface area contributed by atoms with Crippen molar-refractivity contribution in [1.29, 1.82) is 0 Å². The van der Waals surface area contributed by atoms with Crippen molar-refractivity contribution in [3.63, 3.8) is 0 Å². The predicted octanol–water partition coefficient (Wildman–Crippen LogP) is 5.49. The third kappa shape index (κ3) is 4.98. The average molecular weight is 475 g/mol. The number of allylic oxidation sites excluding steroid dienone is 4. The molecule has 0 atom stereocenters. The maximum absolute atomic E-state index is 15.8. The number of halogens is 1.